The number of thiophene rings is 1. The number of carbonyl (C=O) groups excluding carboxylic acids is 1. The summed E-state index contributed by atoms with van der Waals surface area (Å²) in [5.41, 5.74) is 4.12. The molecule has 26 heavy (non-hydrogen) atoms. The first-order valence-corrected chi connectivity index (χ1v) is 9.81. The average molecular weight is 375 g/mol. The highest BCUT2D eigenvalue weighted by molar-refractivity contribution is 7.10. The summed E-state index contributed by atoms with van der Waals surface area (Å²) in [5, 5.41) is 22.8. The summed E-state index contributed by atoms with van der Waals surface area (Å²) in [5.74, 6) is -0.180. The van der Waals surface area contributed by atoms with Gasteiger partial charge in [0.2, 0.25) is 0 Å². The molecule has 6 nitrogen and oxygen atoms in total. The third kappa shape index (κ3) is 4.48. The second-order valence-corrected chi connectivity index (χ2v) is 7.53. The van der Waals surface area contributed by atoms with Crippen molar-refractivity contribution in [2.45, 2.75) is 39.0 Å². The zero-order valence-corrected chi connectivity index (χ0v) is 15.8. The van der Waals surface area contributed by atoms with E-state index in [2.05, 4.69) is 34.3 Å². The lowest BCUT2D eigenvalue weighted by Gasteiger charge is -2.27. The van der Waals surface area contributed by atoms with Crippen LogP contribution in [0.25, 0.3) is 0 Å². The Kier molecular flexibility index (Phi) is 6.37. The minimum absolute atomic E-state index is 0.0610. The van der Waals surface area contributed by atoms with Gasteiger partial charge in [0.25, 0.3) is 5.91 Å². The predicted molar refractivity (Wildman–Crippen MR) is 101 cm³/mol. The fourth-order valence-electron chi connectivity index (χ4n) is 3.06. The van der Waals surface area contributed by atoms with Gasteiger partial charge in [0.05, 0.1) is 24.0 Å². The number of aliphatic hydroxyl groups is 2. The number of aryl methyl sites for hydroxylation is 1. The lowest BCUT2D eigenvalue weighted by Crippen LogP contribution is -2.35. The molecule has 1 unspecified atom stereocenters. The van der Waals surface area contributed by atoms with Crippen LogP contribution in [-0.4, -0.2) is 51.8 Å². The van der Waals surface area contributed by atoms with Crippen LogP contribution in [0.1, 0.15) is 39.0 Å². The van der Waals surface area contributed by atoms with Crippen LogP contribution in [-0.2, 0) is 25.9 Å². The summed E-state index contributed by atoms with van der Waals surface area (Å²) in [7, 11) is 0. The minimum atomic E-state index is -0.921. The van der Waals surface area contributed by atoms with Crippen molar-refractivity contribution in [2.75, 3.05) is 19.7 Å². The number of hydrogen-bond acceptors (Lipinski definition) is 6. The van der Waals surface area contributed by atoms with Crippen LogP contribution in [0.5, 0.6) is 0 Å². The maximum atomic E-state index is 12.3. The molecule has 1 amide bonds. The number of aromatic nitrogens is 1. The topological polar surface area (TPSA) is 85.7 Å². The van der Waals surface area contributed by atoms with Crippen LogP contribution in [0.4, 0.5) is 0 Å². The summed E-state index contributed by atoms with van der Waals surface area (Å²) in [6.45, 7) is 4.35. The molecular formula is C19H25N3O3S. The maximum Gasteiger partial charge on any atom is 0.252 e. The molecule has 1 aliphatic heterocycles. The molecule has 0 saturated carbocycles. The fourth-order valence-corrected chi connectivity index (χ4v) is 4.18. The smallest absolute Gasteiger partial charge is 0.252 e. The molecule has 1 aliphatic rings. The van der Waals surface area contributed by atoms with Gasteiger partial charge in [-0.05, 0) is 30.0 Å². The zero-order valence-electron chi connectivity index (χ0n) is 14.9. The molecule has 0 aromatic carbocycles. The number of rotatable bonds is 7. The van der Waals surface area contributed by atoms with Crippen LogP contribution in [0.2, 0.25) is 0 Å². The minimum Gasteiger partial charge on any atom is -0.394 e. The van der Waals surface area contributed by atoms with Crippen molar-refractivity contribution in [1.82, 2.24) is 15.2 Å². The molecule has 2 aromatic heterocycles. The Balaban J connectivity index is 1.61. The van der Waals surface area contributed by atoms with Crippen molar-refractivity contribution in [1.29, 1.82) is 0 Å². The van der Waals surface area contributed by atoms with E-state index in [1.54, 1.807) is 11.3 Å². The van der Waals surface area contributed by atoms with E-state index in [1.807, 2.05) is 11.6 Å². The third-order valence-corrected chi connectivity index (χ3v) is 5.67. The van der Waals surface area contributed by atoms with Gasteiger partial charge in [-0.2, -0.15) is 0 Å². The van der Waals surface area contributed by atoms with Gasteiger partial charge in [0, 0.05) is 42.6 Å². The van der Waals surface area contributed by atoms with Gasteiger partial charge in [0.1, 0.15) is 0 Å². The van der Waals surface area contributed by atoms with E-state index in [9.17, 15) is 9.90 Å². The number of aliphatic hydroxyl groups excluding tert-OH is 2. The highest BCUT2D eigenvalue weighted by Crippen LogP contribution is 2.29. The molecule has 3 heterocycles. The van der Waals surface area contributed by atoms with Crippen molar-refractivity contribution >= 4 is 17.2 Å². The lowest BCUT2D eigenvalue weighted by atomic mass is 10.0. The standard InChI is InChI=1S/C19H25N3O3S/c1-2-13-3-4-14(20-7-13)9-22-6-5-16-17(12-26-18(16)10-22)19(25)21-8-15(24)11-23/h3-4,7,12,15,23-24H,2,5-6,8-11H2,1H3,(H,21,25). The highest BCUT2D eigenvalue weighted by Gasteiger charge is 2.24. The van der Waals surface area contributed by atoms with Gasteiger partial charge < -0.3 is 15.5 Å². The van der Waals surface area contributed by atoms with Gasteiger partial charge in [-0.25, -0.2) is 0 Å². The Morgan fingerprint density at radius 2 is 2.31 bits per heavy atom. The molecule has 140 valence electrons. The van der Waals surface area contributed by atoms with Crippen molar-refractivity contribution < 1.29 is 15.0 Å². The van der Waals surface area contributed by atoms with Gasteiger partial charge in [-0.15, -0.1) is 11.3 Å². The van der Waals surface area contributed by atoms with Crippen molar-refractivity contribution in [2.24, 2.45) is 0 Å². The Bertz CT molecular complexity index is 745. The van der Waals surface area contributed by atoms with Gasteiger partial charge in [-0.3, -0.25) is 14.7 Å². The Labute approximate surface area is 157 Å². The zero-order chi connectivity index (χ0) is 18.5. The average Bonchev–Trinajstić information content (AvgIpc) is 3.09. The van der Waals surface area contributed by atoms with E-state index in [-0.39, 0.29) is 19.1 Å². The first-order chi connectivity index (χ1) is 12.6. The molecular weight excluding hydrogens is 350 g/mol. The number of pyridine rings is 1. The molecule has 0 fully saturated rings. The van der Waals surface area contributed by atoms with Crippen LogP contribution in [0.15, 0.2) is 23.7 Å². The monoisotopic (exact) mass is 375 g/mol. The second kappa shape index (κ2) is 8.73. The van der Waals surface area contributed by atoms with E-state index in [4.69, 9.17) is 5.11 Å². The number of hydrogen-bond donors (Lipinski definition) is 3. The van der Waals surface area contributed by atoms with Gasteiger partial charge in [0.15, 0.2) is 0 Å². The summed E-state index contributed by atoms with van der Waals surface area (Å²) in [6.07, 6.45) is 2.85. The Morgan fingerprint density at radius 1 is 1.46 bits per heavy atom. The molecule has 2 aromatic rings. The van der Waals surface area contributed by atoms with Crippen molar-refractivity contribution in [3.05, 3.63) is 51.0 Å². The van der Waals surface area contributed by atoms with Crippen LogP contribution < -0.4 is 5.32 Å². The molecule has 0 radical (unpaired) electrons. The maximum absolute atomic E-state index is 12.3. The molecule has 0 bridgehead atoms. The second-order valence-electron chi connectivity index (χ2n) is 6.57. The first-order valence-electron chi connectivity index (χ1n) is 8.93. The third-order valence-electron chi connectivity index (χ3n) is 4.66. The normalized spacial score (nSPS) is 15.5. The molecule has 3 N–H and O–H groups in total. The van der Waals surface area contributed by atoms with E-state index in [0.29, 0.717) is 5.56 Å². The van der Waals surface area contributed by atoms with Crippen molar-refractivity contribution in [3.8, 4) is 0 Å². The van der Waals surface area contributed by atoms with Crippen molar-refractivity contribution in [3.63, 3.8) is 0 Å². The summed E-state index contributed by atoms with van der Waals surface area (Å²) in [6, 6.07) is 4.22. The van der Waals surface area contributed by atoms with Crippen LogP contribution in [0, 0.1) is 0 Å². The molecule has 0 spiro atoms. The van der Waals surface area contributed by atoms with E-state index < -0.39 is 6.10 Å². The van der Waals surface area contributed by atoms with Crippen LogP contribution >= 0.6 is 11.3 Å². The largest absolute Gasteiger partial charge is 0.394 e. The number of nitrogens with one attached hydrogen (secondary N) is 1. The number of fused-ring (bicyclic) bond motifs is 1. The Hall–Kier alpha value is -1.80. The number of carbonyl (C=O) groups is 1. The molecule has 3 rings (SSSR count). The fraction of sp³-hybridized carbons (Fsp3) is 0.474. The molecule has 1 atom stereocenters. The first kappa shape index (κ1) is 19.0. The quantitative estimate of drug-likeness (QED) is 0.680. The Morgan fingerprint density at radius 3 is 3.00 bits per heavy atom. The lowest BCUT2D eigenvalue weighted by molar-refractivity contribution is 0.0801. The van der Waals surface area contributed by atoms with Gasteiger partial charge >= 0.3 is 0 Å². The van der Waals surface area contributed by atoms with E-state index in [0.717, 1.165) is 43.7 Å². The summed E-state index contributed by atoms with van der Waals surface area (Å²) in [4.78, 5) is 20.4. The number of amides is 1. The molecule has 0 saturated heterocycles. The molecule has 7 heteroatoms. The molecule has 0 aliphatic carbocycles. The summed E-state index contributed by atoms with van der Waals surface area (Å²) >= 11 is 1.61. The van der Waals surface area contributed by atoms with E-state index in [1.165, 1.54) is 10.4 Å². The van der Waals surface area contributed by atoms with E-state index >= 15 is 0 Å². The number of nitrogens with zero attached hydrogens (tertiary/aromatic N) is 2. The predicted octanol–water partition coefficient (Wildman–Crippen LogP) is 1.35. The summed E-state index contributed by atoms with van der Waals surface area (Å²) < 4.78 is 0. The SMILES string of the molecule is CCc1ccc(CN2CCc3c(C(=O)NCC(O)CO)csc3C2)nc1. The van der Waals surface area contributed by atoms with Crippen LogP contribution in [0.3, 0.4) is 0 Å². The highest BCUT2D eigenvalue weighted by atomic mass is 32.1. The van der Waals surface area contributed by atoms with Gasteiger partial charge in [-0.1, -0.05) is 13.0 Å².